The molecule has 112 valence electrons. The smallest absolute Gasteiger partial charge is 0.223 e. The molecule has 1 aromatic heterocycles. The minimum atomic E-state index is 0.589. The minimum absolute atomic E-state index is 0.589. The molecule has 1 unspecified atom stereocenters. The fourth-order valence-corrected chi connectivity index (χ4v) is 2.87. The van der Waals surface area contributed by atoms with Gasteiger partial charge in [0.2, 0.25) is 5.89 Å². The molecule has 0 saturated carbocycles. The van der Waals surface area contributed by atoms with Crippen LogP contribution in [-0.2, 0) is 13.0 Å². The number of hydrogen-bond acceptors (Lipinski definition) is 5. The van der Waals surface area contributed by atoms with E-state index in [-0.39, 0.29) is 0 Å². The van der Waals surface area contributed by atoms with Crippen LogP contribution >= 0.6 is 0 Å². The summed E-state index contributed by atoms with van der Waals surface area (Å²) in [5.41, 5.74) is 1.31. The third-order valence-electron chi connectivity index (χ3n) is 3.82. The van der Waals surface area contributed by atoms with Crippen LogP contribution in [-0.4, -0.2) is 35.2 Å². The number of para-hydroxylation sites is 1. The van der Waals surface area contributed by atoms with Crippen molar-refractivity contribution in [2.45, 2.75) is 26.3 Å². The van der Waals surface area contributed by atoms with E-state index in [4.69, 9.17) is 9.26 Å². The van der Waals surface area contributed by atoms with Crippen molar-refractivity contribution in [1.29, 1.82) is 0 Å². The third kappa shape index (κ3) is 3.61. The van der Waals surface area contributed by atoms with Gasteiger partial charge in [0, 0.05) is 13.5 Å². The molecule has 0 saturated heterocycles. The number of ether oxygens (including phenoxy) is 1. The van der Waals surface area contributed by atoms with Gasteiger partial charge in [-0.15, -0.1) is 0 Å². The van der Waals surface area contributed by atoms with Crippen molar-refractivity contribution in [2.75, 3.05) is 20.2 Å². The molecule has 0 fully saturated rings. The molecule has 2 aromatic rings. The number of fused-ring (bicyclic) bond motifs is 1. The van der Waals surface area contributed by atoms with Crippen LogP contribution in [0.25, 0.3) is 0 Å². The fourth-order valence-electron chi connectivity index (χ4n) is 2.87. The summed E-state index contributed by atoms with van der Waals surface area (Å²) in [4.78, 5) is 6.51. The van der Waals surface area contributed by atoms with E-state index in [2.05, 4.69) is 40.3 Å². The van der Waals surface area contributed by atoms with Gasteiger partial charge in [-0.1, -0.05) is 23.4 Å². The molecule has 5 heteroatoms. The van der Waals surface area contributed by atoms with Crippen LogP contribution in [0.5, 0.6) is 5.75 Å². The molecule has 1 aliphatic rings. The third-order valence-corrected chi connectivity index (χ3v) is 3.82. The van der Waals surface area contributed by atoms with Crippen LogP contribution in [0.1, 0.15) is 23.7 Å². The predicted molar refractivity (Wildman–Crippen MR) is 79.1 cm³/mol. The van der Waals surface area contributed by atoms with Crippen molar-refractivity contribution >= 4 is 0 Å². The highest BCUT2D eigenvalue weighted by Crippen LogP contribution is 2.27. The summed E-state index contributed by atoms with van der Waals surface area (Å²) in [6.07, 6.45) is 2.13. The van der Waals surface area contributed by atoms with Crippen molar-refractivity contribution in [3.8, 4) is 5.75 Å². The maximum Gasteiger partial charge on any atom is 0.223 e. The molecular weight excluding hydrogens is 266 g/mol. The molecule has 5 nitrogen and oxygen atoms in total. The molecule has 1 aliphatic heterocycles. The van der Waals surface area contributed by atoms with Gasteiger partial charge >= 0.3 is 0 Å². The Balaban J connectivity index is 1.60. The van der Waals surface area contributed by atoms with Gasteiger partial charge in [-0.05, 0) is 37.4 Å². The molecule has 1 aromatic carbocycles. The first-order chi connectivity index (χ1) is 10.2. The zero-order valence-electron chi connectivity index (χ0n) is 12.6. The molecule has 1 atom stereocenters. The van der Waals surface area contributed by atoms with Crippen molar-refractivity contribution in [3.05, 3.63) is 41.5 Å². The van der Waals surface area contributed by atoms with Crippen LogP contribution in [0.3, 0.4) is 0 Å². The summed E-state index contributed by atoms with van der Waals surface area (Å²) < 4.78 is 10.8. The van der Waals surface area contributed by atoms with Gasteiger partial charge in [0.25, 0.3) is 0 Å². The molecule has 3 rings (SSSR count). The second-order valence-electron chi connectivity index (χ2n) is 5.74. The standard InChI is InChI=1S/C16H21N3O2/c1-12-17-16(18-21-12)11-19(2)10-13-7-8-20-15-6-4-3-5-14(15)9-13/h3-6,13H,7-11H2,1-2H3. The topological polar surface area (TPSA) is 51.4 Å². The highest BCUT2D eigenvalue weighted by atomic mass is 16.5. The Labute approximate surface area is 124 Å². The van der Waals surface area contributed by atoms with Crippen LogP contribution in [0, 0.1) is 12.8 Å². The van der Waals surface area contributed by atoms with Gasteiger partial charge < -0.3 is 9.26 Å². The number of hydrogen-bond donors (Lipinski definition) is 0. The molecule has 21 heavy (non-hydrogen) atoms. The fraction of sp³-hybridized carbons (Fsp3) is 0.500. The van der Waals surface area contributed by atoms with Gasteiger partial charge in [0.15, 0.2) is 5.82 Å². The van der Waals surface area contributed by atoms with Gasteiger partial charge in [-0.3, -0.25) is 4.90 Å². The lowest BCUT2D eigenvalue weighted by Crippen LogP contribution is -2.27. The van der Waals surface area contributed by atoms with Crippen LogP contribution in [0.15, 0.2) is 28.8 Å². The van der Waals surface area contributed by atoms with Gasteiger partial charge in [0.05, 0.1) is 13.2 Å². The Kier molecular flexibility index (Phi) is 4.20. The highest BCUT2D eigenvalue weighted by molar-refractivity contribution is 5.34. The Morgan fingerprint density at radius 2 is 2.19 bits per heavy atom. The Morgan fingerprint density at radius 1 is 1.33 bits per heavy atom. The quantitative estimate of drug-likeness (QED) is 0.864. The maximum atomic E-state index is 5.82. The highest BCUT2D eigenvalue weighted by Gasteiger charge is 2.19. The monoisotopic (exact) mass is 287 g/mol. The number of aryl methyl sites for hydroxylation is 1. The first kappa shape index (κ1) is 14.1. The average Bonchev–Trinajstić information content (AvgIpc) is 2.74. The molecule has 0 radical (unpaired) electrons. The van der Waals surface area contributed by atoms with E-state index in [9.17, 15) is 0 Å². The Bertz CT molecular complexity index is 597. The van der Waals surface area contributed by atoms with Crippen molar-refractivity contribution in [2.24, 2.45) is 5.92 Å². The predicted octanol–water partition coefficient (Wildman–Crippen LogP) is 2.45. The largest absolute Gasteiger partial charge is 0.493 e. The zero-order valence-corrected chi connectivity index (χ0v) is 12.6. The minimum Gasteiger partial charge on any atom is -0.493 e. The van der Waals surface area contributed by atoms with Gasteiger partial charge in [-0.2, -0.15) is 4.98 Å². The number of benzene rings is 1. The molecule has 0 N–H and O–H groups in total. The summed E-state index contributed by atoms with van der Waals surface area (Å²) >= 11 is 0. The average molecular weight is 287 g/mol. The lowest BCUT2D eigenvalue weighted by Gasteiger charge is -2.21. The van der Waals surface area contributed by atoms with Crippen LogP contribution < -0.4 is 4.74 Å². The first-order valence-electron chi connectivity index (χ1n) is 7.39. The van der Waals surface area contributed by atoms with Crippen LogP contribution in [0.4, 0.5) is 0 Å². The zero-order chi connectivity index (χ0) is 14.7. The lowest BCUT2D eigenvalue weighted by molar-refractivity contribution is 0.229. The van der Waals surface area contributed by atoms with E-state index in [1.54, 1.807) is 0 Å². The SMILES string of the molecule is Cc1nc(CN(C)CC2CCOc3ccccc3C2)no1. The first-order valence-corrected chi connectivity index (χ1v) is 7.39. The summed E-state index contributed by atoms with van der Waals surface area (Å²) in [5, 5.41) is 3.95. The lowest BCUT2D eigenvalue weighted by atomic mass is 9.96. The van der Waals surface area contributed by atoms with Gasteiger partial charge in [-0.25, -0.2) is 0 Å². The molecule has 0 bridgehead atoms. The molecule has 0 spiro atoms. The molecular formula is C16H21N3O2. The van der Waals surface area contributed by atoms with Crippen LogP contribution in [0.2, 0.25) is 0 Å². The number of aromatic nitrogens is 2. The summed E-state index contributed by atoms with van der Waals surface area (Å²) in [6.45, 7) is 4.33. The van der Waals surface area contributed by atoms with Crippen molar-refractivity contribution in [3.63, 3.8) is 0 Å². The van der Waals surface area contributed by atoms with E-state index in [1.165, 1.54) is 5.56 Å². The van der Waals surface area contributed by atoms with E-state index in [1.807, 2.05) is 13.0 Å². The summed E-state index contributed by atoms with van der Waals surface area (Å²) in [5.74, 6) is 3.00. The second-order valence-corrected chi connectivity index (χ2v) is 5.74. The van der Waals surface area contributed by atoms with E-state index in [0.29, 0.717) is 11.8 Å². The van der Waals surface area contributed by atoms with E-state index < -0.39 is 0 Å². The van der Waals surface area contributed by atoms with E-state index in [0.717, 1.165) is 44.1 Å². The molecule has 0 aliphatic carbocycles. The van der Waals surface area contributed by atoms with E-state index >= 15 is 0 Å². The number of rotatable bonds is 4. The Morgan fingerprint density at radius 3 is 3.00 bits per heavy atom. The van der Waals surface area contributed by atoms with Crippen molar-refractivity contribution in [1.82, 2.24) is 15.0 Å². The summed E-state index contributed by atoms with van der Waals surface area (Å²) in [7, 11) is 2.10. The second kappa shape index (κ2) is 6.26. The number of nitrogens with zero attached hydrogens (tertiary/aromatic N) is 3. The van der Waals surface area contributed by atoms with Crippen molar-refractivity contribution < 1.29 is 9.26 Å². The van der Waals surface area contributed by atoms with Gasteiger partial charge in [0.1, 0.15) is 5.75 Å². The molecule has 0 amide bonds. The summed E-state index contributed by atoms with van der Waals surface area (Å²) in [6, 6.07) is 8.33. The normalized spacial score (nSPS) is 18.1. The Hall–Kier alpha value is -1.88. The maximum absolute atomic E-state index is 5.82. The molecule has 2 heterocycles.